The van der Waals surface area contributed by atoms with E-state index < -0.39 is 0 Å². The molecular weight excluding hydrogens is 503 g/mol. The molecule has 2 unspecified atom stereocenters. The first-order chi connectivity index (χ1) is 14.7. The molecule has 0 aromatic heterocycles. The maximum absolute atomic E-state index is 6.18. The van der Waals surface area contributed by atoms with Gasteiger partial charge in [0.1, 0.15) is 5.75 Å². The SMILES string of the molecule is CCNC(=NCc1ccc(C)cc1OCC1CCOC1)NCC1CCN(C2CC2)C1.I. The predicted octanol–water partition coefficient (Wildman–Crippen LogP) is 3.57. The molecular formula is C24H39IN4O2. The zero-order valence-electron chi connectivity index (χ0n) is 19.1. The molecule has 2 atom stereocenters. The zero-order valence-corrected chi connectivity index (χ0v) is 21.4. The second-order valence-electron chi connectivity index (χ2n) is 9.11. The van der Waals surface area contributed by atoms with E-state index in [9.17, 15) is 0 Å². The van der Waals surface area contributed by atoms with Gasteiger partial charge < -0.3 is 25.0 Å². The molecule has 1 aromatic rings. The lowest BCUT2D eigenvalue weighted by Gasteiger charge is -2.17. The summed E-state index contributed by atoms with van der Waals surface area (Å²) in [6.07, 6.45) is 5.19. The van der Waals surface area contributed by atoms with Crippen LogP contribution < -0.4 is 15.4 Å². The van der Waals surface area contributed by atoms with Crippen molar-refractivity contribution in [1.29, 1.82) is 0 Å². The number of nitrogens with one attached hydrogen (secondary N) is 2. The molecule has 2 aliphatic heterocycles. The third-order valence-corrected chi connectivity index (χ3v) is 6.41. The van der Waals surface area contributed by atoms with Crippen LogP contribution in [0, 0.1) is 18.8 Å². The first-order valence-electron chi connectivity index (χ1n) is 11.8. The molecule has 2 heterocycles. The number of benzene rings is 1. The van der Waals surface area contributed by atoms with Gasteiger partial charge in [0.15, 0.2) is 5.96 Å². The van der Waals surface area contributed by atoms with Gasteiger partial charge in [0.2, 0.25) is 0 Å². The quantitative estimate of drug-likeness (QED) is 0.284. The van der Waals surface area contributed by atoms with Crippen LogP contribution in [-0.4, -0.2) is 62.9 Å². The Kier molecular flexibility index (Phi) is 9.72. The Balaban J connectivity index is 0.00000272. The number of aliphatic imine (C=N–C) groups is 1. The summed E-state index contributed by atoms with van der Waals surface area (Å²) in [5.74, 6) is 3.08. The number of rotatable bonds is 9. The standard InChI is InChI=1S/C24H38N4O2.HI/c1-3-25-24(26-13-19-8-10-28(15-19)22-6-7-22)27-14-21-5-4-18(2)12-23(21)30-17-20-9-11-29-16-20;/h4-5,12,19-20,22H,3,6-11,13-17H2,1-2H3,(H2,25,26,27);1H. The molecule has 0 spiro atoms. The average Bonchev–Trinajstić information content (AvgIpc) is 3.25. The van der Waals surface area contributed by atoms with E-state index >= 15 is 0 Å². The van der Waals surface area contributed by atoms with Gasteiger partial charge >= 0.3 is 0 Å². The van der Waals surface area contributed by atoms with Gasteiger partial charge in [-0.05, 0) is 63.6 Å². The summed E-state index contributed by atoms with van der Waals surface area (Å²) in [4.78, 5) is 7.53. The molecule has 31 heavy (non-hydrogen) atoms. The molecule has 2 N–H and O–H groups in total. The molecule has 0 amide bonds. The summed E-state index contributed by atoms with van der Waals surface area (Å²) >= 11 is 0. The van der Waals surface area contributed by atoms with Crippen molar-refractivity contribution in [2.24, 2.45) is 16.8 Å². The summed E-state index contributed by atoms with van der Waals surface area (Å²) in [5.41, 5.74) is 2.35. The summed E-state index contributed by atoms with van der Waals surface area (Å²) in [6, 6.07) is 7.30. The van der Waals surface area contributed by atoms with Crippen LogP contribution in [0.1, 0.15) is 43.7 Å². The van der Waals surface area contributed by atoms with Crippen LogP contribution in [0.15, 0.2) is 23.2 Å². The lowest BCUT2D eigenvalue weighted by molar-refractivity contribution is 0.166. The van der Waals surface area contributed by atoms with Crippen LogP contribution >= 0.6 is 24.0 Å². The maximum atomic E-state index is 6.18. The molecule has 0 radical (unpaired) electrons. The normalized spacial score (nSPS) is 24.1. The number of guanidine groups is 1. The van der Waals surface area contributed by atoms with Crippen LogP contribution in [0.3, 0.4) is 0 Å². The Bertz CT molecular complexity index is 720. The molecule has 6 nitrogen and oxygen atoms in total. The van der Waals surface area contributed by atoms with Crippen LogP contribution in [0.2, 0.25) is 0 Å². The molecule has 2 saturated heterocycles. The van der Waals surface area contributed by atoms with E-state index in [1.165, 1.54) is 37.9 Å². The van der Waals surface area contributed by atoms with Gasteiger partial charge in [-0.15, -0.1) is 24.0 Å². The van der Waals surface area contributed by atoms with Crippen molar-refractivity contribution in [3.05, 3.63) is 29.3 Å². The number of ether oxygens (including phenoxy) is 2. The van der Waals surface area contributed by atoms with Crippen molar-refractivity contribution in [1.82, 2.24) is 15.5 Å². The Labute approximate surface area is 204 Å². The fraction of sp³-hybridized carbons (Fsp3) is 0.708. The summed E-state index contributed by atoms with van der Waals surface area (Å²) < 4.78 is 11.7. The molecule has 1 aliphatic carbocycles. The zero-order chi connectivity index (χ0) is 20.8. The lowest BCUT2D eigenvalue weighted by Crippen LogP contribution is -2.40. The fourth-order valence-electron chi connectivity index (χ4n) is 4.40. The van der Waals surface area contributed by atoms with Gasteiger partial charge in [-0.25, -0.2) is 4.99 Å². The summed E-state index contributed by atoms with van der Waals surface area (Å²) in [7, 11) is 0. The topological polar surface area (TPSA) is 58.1 Å². The fourth-order valence-corrected chi connectivity index (χ4v) is 4.40. The molecule has 1 saturated carbocycles. The minimum Gasteiger partial charge on any atom is -0.493 e. The molecule has 3 aliphatic rings. The predicted molar refractivity (Wildman–Crippen MR) is 137 cm³/mol. The molecule has 4 rings (SSSR count). The van der Waals surface area contributed by atoms with Gasteiger partial charge in [0, 0.05) is 43.8 Å². The van der Waals surface area contributed by atoms with Gasteiger partial charge in [0.05, 0.1) is 19.8 Å². The first-order valence-corrected chi connectivity index (χ1v) is 11.8. The number of hydrogen-bond acceptors (Lipinski definition) is 4. The third-order valence-electron chi connectivity index (χ3n) is 6.41. The van der Waals surface area contributed by atoms with Crippen molar-refractivity contribution in [2.45, 2.75) is 52.1 Å². The molecule has 174 valence electrons. The molecule has 3 fully saturated rings. The van der Waals surface area contributed by atoms with E-state index in [0.29, 0.717) is 12.5 Å². The highest BCUT2D eigenvalue weighted by molar-refractivity contribution is 14.0. The molecule has 7 heteroatoms. The minimum atomic E-state index is 0. The largest absolute Gasteiger partial charge is 0.493 e. The number of halogens is 1. The minimum absolute atomic E-state index is 0. The highest BCUT2D eigenvalue weighted by Crippen LogP contribution is 2.31. The van der Waals surface area contributed by atoms with Crippen LogP contribution in [0.5, 0.6) is 5.75 Å². The Morgan fingerprint density at radius 1 is 1.19 bits per heavy atom. The van der Waals surface area contributed by atoms with E-state index in [0.717, 1.165) is 68.6 Å². The summed E-state index contributed by atoms with van der Waals surface area (Å²) in [6.45, 7) is 11.6. The van der Waals surface area contributed by atoms with Crippen LogP contribution in [0.4, 0.5) is 0 Å². The van der Waals surface area contributed by atoms with Crippen molar-refractivity contribution in [2.75, 3.05) is 46.0 Å². The van der Waals surface area contributed by atoms with E-state index in [1.54, 1.807) is 0 Å². The third kappa shape index (κ3) is 7.49. The highest BCUT2D eigenvalue weighted by Gasteiger charge is 2.34. The molecule has 0 bridgehead atoms. The number of likely N-dealkylation sites (tertiary alicyclic amines) is 1. The monoisotopic (exact) mass is 542 g/mol. The smallest absolute Gasteiger partial charge is 0.191 e. The second kappa shape index (κ2) is 12.3. The lowest BCUT2D eigenvalue weighted by atomic mass is 10.1. The number of aryl methyl sites for hydroxylation is 1. The van der Waals surface area contributed by atoms with Gasteiger partial charge in [-0.1, -0.05) is 12.1 Å². The van der Waals surface area contributed by atoms with Crippen molar-refractivity contribution in [3.63, 3.8) is 0 Å². The van der Waals surface area contributed by atoms with Gasteiger partial charge in [-0.2, -0.15) is 0 Å². The van der Waals surface area contributed by atoms with Crippen molar-refractivity contribution in [3.8, 4) is 5.75 Å². The second-order valence-corrected chi connectivity index (χ2v) is 9.11. The van der Waals surface area contributed by atoms with E-state index in [-0.39, 0.29) is 24.0 Å². The number of hydrogen-bond donors (Lipinski definition) is 2. The van der Waals surface area contributed by atoms with Crippen molar-refractivity contribution >= 4 is 29.9 Å². The van der Waals surface area contributed by atoms with Gasteiger partial charge in [-0.3, -0.25) is 0 Å². The maximum Gasteiger partial charge on any atom is 0.191 e. The summed E-state index contributed by atoms with van der Waals surface area (Å²) in [5, 5.41) is 6.97. The Morgan fingerprint density at radius 2 is 2.06 bits per heavy atom. The number of nitrogens with zero attached hydrogens (tertiary/aromatic N) is 2. The Hall–Kier alpha value is -1.06. The van der Waals surface area contributed by atoms with E-state index in [1.807, 2.05) is 0 Å². The van der Waals surface area contributed by atoms with Crippen molar-refractivity contribution < 1.29 is 9.47 Å². The van der Waals surface area contributed by atoms with E-state index in [2.05, 4.69) is 47.6 Å². The average molecular weight is 543 g/mol. The van der Waals surface area contributed by atoms with E-state index in [4.69, 9.17) is 14.5 Å². The van der Waals surface area contributed by atoms with Crippen LogP contribution in [-0.2, 0) is 11.3 Å². The van der Waals surface area contributed by atoms with Crippen LogP contribution in [0.25, 0.3) is 0 Å². The molecule has 1 aromatic carbocycles. The van der Waals surface area contributed by atoms with Gasteiger partial charge in [0.25, 0.3) is 0 Å². The first kappa shape index (κ1) is 24.6. The Morgan fingerprint density at radius 3 is 2.81 bits per heavy atom. The highest BCUT2D eigenvalue weighted by atomic mass is 127.